The van der Waals surface area contributed by atoms with E-state index in [0.717, 1.165) is 12.0 Å². The fraction of sp³-hybridized carbons (Fsp3) is 0.407. The quantitative estimate of drug-likeness (QED) is 0.422. The van der Waals surface area contributed by atoms with E-state index < -0.39 is 15.9 Å². The number of hydrogen-bond donors (Lipinski definition) is 2. The highest BCUT2D eigenvalue weighted by Crippen LogP contribution is 2.39. The van der Waals surface area contributed by atoms with Crippen LogP contribution in [0, 0.1) is 5.92 Å². The van der Waals surface area contributed by atoms with E-state index in [-0.39, 0.29) is 33.8 Å². The van der Waals surface area contributed by atoms with Crippen LogP contribution in [-0.2, 0) is 10.0 Å². The molecule has 4 rings (SSSR count). The van der Waals surface area contributed by atoms with Crippen LogP contribution < -0.4 is 24.8 Å². The number of carbonyl (C=O) groups is 1. The molecule has 12 heteroatoms. The fourth-order valence-electron chi connectivity index (χ4n) is 4.46. The van der Waals surface area contributed by atoms with Gasteiger partial charge in [-0.25, -0.2) is 23.1 Å². The van der Waals surface area contributed by atoms with Crippen LogP contribution in [0.3, 0.4) is 0 Å². The van der Waals surface area contributed by atoms with Crippen molar-refractivity contribution in [2.75, 3.05) is 24.3 Å². The largest absolute Gasteiger partial charge is 0.481 e. The van der Waals surface area contributed by atoms with Gasteiger partial charge < -0.3 is 20.1 Å². The smallest absolute Gasteiger partial charge is 0.268 e. The van der Waals surface area contributed by atoms with Crippen molar-refractivity contribution >= 4 is 27.6 Å². The molecule has 0 spiro atoms. The lowest BCUT2D eigenvalue weighted by Gasteiger charge is -2.36. The molecule has 1 aliphatic heterocycles. The van der Waals surface area contributed by atoms with Gasteiger partial charge in [0.05, 0.1) is 24.5 Å². The van der Waals surface area contributed by atoms with Crippen LogP contribution in [0.15, 0.2) is 47.5 Å². The summed E-state index contributed by atoms with van der Waals surface area (Å²) < 4.78 is 38.9. The Hall–Kier alpha value is -3.93. The van der Waals surface area contributed by atoms with Crippen LogP contribution in [0.4, 0.5) is 11.6 Å². The summed E-state index contributed by atoms with van der Waals surface area (Å²) in [5, 5.41) is 0. The second-order valence-corrected chi connectivity index (χ2v) is 11.9. The summed E-state index contributed by atoms with van der Waals surface area (Å²) in [5.74, 6) is 0.254. The first-order valence-corrected chi connectivity index (χ1v) is 14.1. The van der Waals surface area contributed by atoms with E-state index in [0.29, 0.717) is 29.9 Å². The Kier molecular flexibility index (Phi) is 7.69. The van der Waals surface area contributed by atoms with Crippen molar-refractivity contribution in [2.24, 2.45) is 5.92 Å². The highest BCUT2D eigenvalue weighted by Gasteiger charge is 2.41. The Labute approximate surface area is 228 Å². The summed E-state index contributed by atoms with van der Waals surface area (Å²) in [7, 11) is -2.94. The van der Waals surface area contributed by atoms with Gasteiger partial charge in [-0.1, -0.05) is 6.92 Å². The van der Waals surface area contributed by atoms with E-state index in [1.54, 1.807) is 24.4 Å². The second kappa shape index (κ2) is 10.7. The van der Waals surface area contributed by atoms with Gasteiger partial charge in [0.25, 0.3) is 15.9 Å². The van der Waals surface area contributed by atoms with Gasteiger partial charge in [-0.2, -0.15) is 4.98 Å². The van der Waals surface area contributed by atoms with Crippen LogP contribution >= 0.6 is 0 Å². The first kappa shape index (κ1) is 28.1. The third kappa shape index (κ3) is 5.75. The molecule has 3 aromatic heterocycles. The minimum absolute atomic E-state index is 0.00872. The van der Waals surface area contributed by atoms with Crippen molar-refractivity contribution in [3.63, 3.8) is 0 Å². The molecule has 3 aromatic rings. The van der Waals surface area contributed by atoms with Gasteiger partial charge in [-0.3, -0.25) is 4.79 Å². The number of carbonyl (C=O) groups excluding carboxylic acids is 1. The zero-order valence-corrected chi connectivity index (χ0v) is 23.7. The number of nitrogens with one attached hydrogen (secondary N) is 1. The summed E-state index contributed by atoms with van der Waals surface area (Å²) in [4.78, 5) is 28.3. The zero-order chi connectivity index (χ0) is 28.5. The number of nitrogens with zero attached hydrogens (tertiary/aromatic N) is 4. The number of amides is 1. The SMILES string of the molecule is COc1ccc(S(=O)(=O)NC(=O)c2ccc(-c3ccc(OC(C)C)nc3)nc2N2CCC(C)C2(C)C)c(N)n1. The number of rotatable bonds is 8. The van der Waals surface area contributed by atoms with Crippen molar-refractivity contribution in [3.05, 3.63) is 48.2 Å². The first-order chi connectivity index (χ1) is 18.3. The van der Waals surface area contributed by atoms with Crippen molar-refractivity contribution in [3.8, 4) is 23.0 Å². The average molecular weight is 555 g/mol. The van der Waals surface area contributed by atoms with E-state index in [9.17, 15) is 13.2 Å². The summed E-state index contributed by atoms with van der Waals surface area (Å²) in [6.45, 7) is 10.8. The molecule has 0 saturated carbocycles. The number of methoxy groups -OCH3 is 1. The summed E-state index contributed by atoms with van der Waals surface area (Å²) >= 11 is 0. The lowest BCUT2D eigenvalue weighted by molar-refractivity contribution is 0.0981. The molecule has 0 aliphatic carbocycles. The van der Waals surface area contributed by atoms with E-state index in [1.807, 2.05) is 19.9 Å². The van der Waals surface area contributed by atoms with E-state index in [4.69, 9.17) is 20.2 Å². The Morgan fingerprint density at radius 1 is 1.13 bits per heavy atom. The minimum Gasteiger partial charge on any atom is -0.481 e. The predicted molar refractivity (Wildman–Crippen MR) is 148 cm³/mol. The molecule has 1 aliphatic rings. The number of ether oxygens (including phenoxy) is 2. The Morgan fingerprint density at radius 2 is 1.85 bits per heavy atom. The molecule has 1 fully saturated rings. The normalized spacial score (nSPS) is 16.8. The minimum atomic E-state index is -4.33. The number of nitrogens with two attached hydrogens (primary N) is 1. The number of hydrogen-bond acceptors (Lipinski definition) is 10. The summed E-state index contributed by atoms with van der Waals surface area (Å²) in [6.07, 6.45) is 2.55. The maximum absolute atomic E-state index is 13.5. The van der Waals surface area contributed by atoms with Crippen molar-refractivity contribution in [1.82, 2.24) is 19.7 Å². The van der Waals surface area contributed by atoms with Gasteiger partial charge in [0.15, 0.2) is 0 Å². The first-order valence-electron chi connectivity index (χ1n) is 12.6. The number of pyridine rings is 3. The third-order valence-electron chi connectivity index (χ3n) is 7.04. The number of anilines is 2. The van der Waals surface area contributed by atoms with Gasteiger partial charge in [-0.15, -0.1) is 0 Å². The van der Waals surface area contributed by atoms with E-state index in [1.165, 1.54) is 19.2 Å². The molecular weight excluding hydrogens is 520 g/mol. The molecule has 0 aromatic carbocycles. The molecule has 0 radical (unpaired) electrons. The highest BCUT2D eigenvalue weighted by atomic mass is 32.2. The highest BCUT2D eigenvalue weighted by molar-refractivity contribution is 7.90. The third-order valence-corrected chi connectivity index (χ3v) is 8.42. The average Bonchev–Trinajstić information content (AvgIpc) is 3.14. The van der Waals surface area contributed by atoms with Crippen LogP contribution in [-0.4, -0.2) is 54.6 Å². The van der Waals surface area contributed by atoms with Gasteiger partial charge in [0.1, 0.15) is 16.5 Å². The lowest BCUT2D eigenvalue weighted by atomic mass is 9.90. The molecule has 1 amide bonds. The Bertz CT molecular complexity index is 1470. The molecule has 208 valence electrons. The number of nitrogen functional groups attached to an aromatic ring is 1. The molecule has 3 N–H and O–H groups in total. The molecule has 11 nitrogen and oxygen atoms in total. The molecule has 1 unspecified atom stereocenters. The van der Waals surface area contributed by atoms with Crippen LogP contribution in [0.25, 0.3) is 11.3 Å². The lowest BCUT2D eigenvalue weighted by Crippen LogP contribution is -2.43. The topological polar surface area (TPSA) is 150 Å². The van der Waals surface area contributed by atoms with Crippen LogP contribution in [0.1, 0.15) is 51.4 Å². The van der Waals surface area contributed by atoms with Crippen LogP contribution in [0.5, 0.6) is 11.8 Å². The van der Waals surface area contributed by atoms with Crippen molar-refractivity contribution in [1.29, 1.82) is 0 Å². The van der Waals surface area contributed by atoms with Gasteiger partial charge >= 0.3 is 0 Å². The maximum atomic E-state index is 13.5. The number of sulfonamides is 1. The summed E-state index contributed by atoms with van der Waals surface area (Å²) in [6, 6.07) is 9.45. The predicted octanol–water partition coefficient (Wildman–Crippen LogP) is 3.66. The Morgan fingerprint density at radius 3 is 2.41 bits per heavy atom. The molecule has 0 bridgehead atoms. The monoisotopic (exact) mass is 554 g/mol. The maximum Gasteiger partial charge on any atom is 0.268 e. The summed E-state index contributed by atoms with van der Waals surface area (Å²) in [5.41, 5.74) is 6.96. The molecule has 1 atom stereocenters. The van der Waals surface area contributed by atoms with Crippen molar-refractivity contribution in [2.45, 2.75) is 57.6 Å². The van der Waals surface area contributed by atoms with E-state index in [2.05, 4.69) is 40.4 Å². The molecule has 1 saturated heterocycles. The molecule has 39 heavy (non-hydrogen) atoms. The zero-order valence-electron chi connectivity index (χ0n) is 22.9. The van der Waals surface area contributed by atoms with Crippen LogP contribution in [0.2, 0.25) is 0 Å². The van der Waals surface area contributed by atoms with Gasteiger partial charge in [0.2, 0.25) is 11.8 Å². The Balaban J connectivity index is 1.73. The van der Waals surface area contributed by atoms with Gasteiger partial charge in [-0.05, 0) is 64.3 Å². The number of aromatic nitrogens is 3. The van der Waals surface area contributed by atoms with Crippen molar-refractivity contribution < 1.29 is 22.7 Å². The van der Waals surface area contributed by atoms with Gasteiger partial charge in [0, 0.05) is 36.0 Å². The fourth-order valence-corrected chi connectivity index (χ4v) is 5.49. The standard InChI is InChI=1S/C27H34N6O5S/c1-16(2)38-22-11-7-18(15-29-22)20-9-8-19(25(30-20)33-14-13-17(3)27(33,4)5)26(34)32-39(35,36)21-10-12-23(37-6)31-24(21)28/h7-12,15-17H,13-14H2,1-6H3,(H2,28,31)(H,32,34). The van der Waals surface area contributed by atoms with E-state index >= 15 is 0 Å². The second-order valence-electron chi connectivity index (χ2n) is 10.3. The molecular formula is C27H34N6O5S. The molecule has 4 heterocycles.